The predicted molar refractivity (Wildman–Crippen MR) is 111 cm³/mol. The van der Waals surface area contributed by atoms with Crippen LogP contribution >= 0.6 is 0 Å². The van der Waals surface area contributed by atoms with Crippen molar-refractivity contribution >= 4 is 33.6 Å². The van der Waals surface area contributed by atoms with Crippen LogP contribution in [0.15, 0.2) is 67.0 Å². The molecule has 0 spiro atoms. The van der Waals surface area contributed by atoms with E-state index in [4.69, 9.17) is 0 Å². The Hall–Kier alpha value is -3.07. The van der Waals surface area contributed by atoms with E-state index < -0.39 is 0 Å². The largest absolute Gasteiger partial charge is 0.350 e. The van der Waals surface area contributed by atoms with Gasteiger partial charge in [0.25, 0.3) is 0 Å². The molecule has 0 unspecified atom stereocenters. The van der Waals surface area contributed by atoms with Crippen LogP contribution in [-0.2, 0) is 14.1 Å². The summed E-state index contributed by atoms with van der Waals surface area (Å²) in [7, 11) is 8.34. The van der Waals surface area contributed by atoms with Gasteiger partial charge in [-0.2, -0.15) is 0 Å². The number of fused-ring (bicyclic) bond motifs is 2. The molecule has 0 amide bonds. The monoisotopic (exact) mass is 342 g/mol. The van der Waals surface area contributed by atoms with E-state index in [0.29, 0.717) is 0 Å². The van der Waals surface area contributed by atoms with Crippen molar-refractivity contribution in [3.63, 3.8) is 0 Å². The van der Waals surface area contributed by atoms with Gasteiger partial charge in [-0.1, -0.05) is 36.4 Å². The molecule has 0 saturated carbocycles. The van der Waals surface area contributed by atoms with Gasteiger partial charge < -0.3 is 9.13 Å². The van der Waals surface area contributed by atoms with Crippen molar-refractivity contribution in [2.75, 3.05) is 14.1 Å². The Bertz CT molecular complexity index is 1080. The molecule has 26 heavy (non-hydrogen) atoms. The molecule has 3 heteroatoms. The maximum atomic E-state index is 2.24. The van der Waals surface area contributed by atoms with Crippen LogP contribution in [0.4, 0.5) is 0 Å². The average Bonchev–Trinajstić information content (AvgIpc) is 3.14. The Morgan fingerprint density at radius 1 is 0.769 bits per heavy atom. The van der Waals surface area contributed by atoms with Gasteiger partial charge in [-0.05, 0) is 17.7 Å². The summed E-state index contributed by atoms with van der Waals surface area (Å²) in [5, 5.41) is 2.56. The average molecular weight is 342 g/mol. The summed E-state index contributed by atoms with van der Waals surface area (Å²) in [6.45, 7) is 0. The topological polar surface area (TPSA) is 12.9 Å². The zero-order valence-electron chi connectivity index (χ0n) is 15.8. The number of hydrogen-bond acceptors (Lipinski definition) is 0. The van der Waals surface area contributed by atoms with Gasteiger partial charge in [0.2, 0.25) is 0 Å². The fourth-order valence-electron chi connectivity index (χ4n) is 3.66. The number of hydrogen-bond donors (Lipinski definition) is 0. The molecule has 0 saturated heterocycles. The number of allylic oxidation sites excluding steroid dienone is 1. The quantitative estimate of drug-likeness (QED) is 0.386. The van der Waals surface area contributed by atoms with Gasteiger partial charge in [0, 0.05) is 65.5 Å². The number of aryl methyl sites for hydroxylation is 2. The van der Waals surface area contributed by atoms with Crippen molar-refractivity contribution in [1.29, 1.82) is 0 Å². The molecule has 2 aromatic carbocycles. The predicted octanol–water partition coefficient (Wildman–Crippen LogP) is 4.44. The van der Waals surface area contributed by atoms with Gasteiger partial charge in [-0.15, -0.1) is 0 Å². The first-order chi connectivity index (χ1) is 12.6. The molecule has 0 aliphatic carbocycles. The summed E-state index contributed by atoms with van der Waals surface area (Å²) < 4.78 is 6.49. The van der Waals surface area contributed by atoms with Crippen LogP contribution in [0.3, 0.4) is 0 Å². The normalized spacial score (nSPS) is 11.1. The van der Waals surface area contributed by atoms with Crippen LogP contribution in [0.25, 0.3) is 27.4 Å². The zero-order valence-corrected chi connectivity index (χ0v) is 15.8. The minimum atomic E-state index is 1.24. The highest BCUT2D eigenvalue weighted by molar-refractivity contribution is 6.06. The third-order valence-corrected chi connectivity index (χ3v) is 4.91. The molecule has 3 nitrogen and oxygen atoms in total. The molecule has 0 atom stereocenters. The molecule has 4 aromatic rings. The number of para-hydroxylation sites is 2. The Kier molecular flexibility index (Phi) is 4.00. The van der Waals surface area contributed by atoms with E-state index in [2.05, 4.69) is 115 Å². The molecule has 2 heterocycles. The minimum Gasteiger partial charge on any atom is -0.350 e. The first-order valence-electron chi connectivity index (χ1n) is 8.86. The van der Waals surface area contributed by atoms with E-state index in [1.165, 1.54) is 38.5 Å². The lowest BCUT2D eigenvalue weighted by Crippen LogP contribution is -1.97. The molecule has 0 aliphatic rings. The maximum absolute atomic E-state index is 2.24. The first-order valence-corrected chi connectivity index (χ1v) is 8.86. The van der Waals surface area contributed by atoms with Crippen LogP contribution in [0.2, 0.25) is 0 Å². The second kappa shape index (κ2) is 6.34. The minimum absolute atomic E-state index is 1.24. The molecule has 0 radical (unpaired) electrons. The Morgan fingerprint density at radius 3 is 1.69 bits per heavy atom. The number of aromatic nitrogens is 2. The smallest absolute Gasteiger partial charge is 0.163 e. The molecular formula is C23H24N3+. The Morgan fingerprint density at radius 2 is 1.23 bits per heavy atom. The highest BCUT2D eigenvalue weighted by Crippen LogP contribution is 2.35. The summed E-state index contributed by atoms with van der Waals surface area (Å²) in [4.78, 5) is 0. The second-order valence-corrected chi connectivity index (χ2v) is 7.03. The molecule has 0 bridgehead atoms. The van der Waals surface area contributed by atoms with Gasteiger partial charge in [0.1, 0.15) is 14.1 Å². The van der Waals surface area contributed by atoms with E-state index in [1.54, 1.807) is 0 Å². The highest BCUT2D eigenvalue weighted by atomic mass is 14.9. The lowest BCUT2D eigenvalue weighted by atomic mass is 9.97. The van der Waals surface area contributed by atoms with Crippen LogP contribution < -0.4 is 0 Å². The van der Waals surface area contributed by atoms with Crippen LogP contribution in [0.1, 0.15) is 11.1 Å². The van der Waals surface area contributed by atoms with Crippen molar-refractivity contribution in [2.24, 2.45) is 14.1 Å². The van der Waals surface area contributed by atoms with Gasteiger partial charge in [0.05, 0.1) is 0 Å². The van der Waals surface area contributed by atoms with E-state index in [1.807, 2.05) is 0 Å². The molecule has 0 aliphatic heterocycles. The molecule has 0 fully saturated rings. The van der Waals surface area contributed by atoms with Gasteiger partial charge in [-0.3, -0.25) is 0 Å². The van der Waals surface area contributed by atoms with Crippen LogP contribution in [0.5, 0.6) is 0 Å². The fourth-order valence-corrected chi connectivity index (χ4v) is 3.66. The zero-order chi connectivity index (χ0) is 18.3. The van der Waals surface area contributed by atoms with Gasteiger partial charge in [-0.25, -0.2) is 4.58 Å². The standard InChI is InChI=1S/C23H24N3/c1-24(2)14-13-17(20-15-25(3)22-11-7-5-9-18(20)22)21-16-26(4)23-12-8-6-10-19(21)23/h5-16H,1-4H3/q+1. The van der Waals surface area contributed by atoms with Crippen LogP contribution in [0, 0.1) is 0 Å². The molecule has 130 valence electrons. The lowest BCUT2D eigenvalue weighted by molar-refractivity contribution is -0.458. The van der Waals surface area contributed by atoms with E-state index >= 15 is 0 Å². The molecule has 0 N–H and O–H groups in total. The van der Waals surface area contributed by atoms with Crippen molar-refractivity contribution < 1.29 is 4.58 Å². The van der Waals surface area contributed by atoms with E-state index in [-0.39, 0.29) is 0 Å². The summed E-state index contributed by atoms with van der Waals surface area (Å²) >= 11 is 0. The Balaban J connectivity index is 2.05. The van der Waals surface area contributed by atoms with E-state index in [9.17, 15) is 0 Å². The molecular weight excluding hydrogens is 318 g/mol. The summed E-state index contributed by atoms with van der Waals surface area (Å²) in [6, 6.07) is 17.2. The van der Waals surface area contributed by atoms with Crippen molar-refractivity contribution in [1.82, 2.24) is 9.13 Å². The summed E-state index contributed by atoms with van der Waals surface area (Å²) in [6.07, 6.45) is 8.83. The third-order valence-electron chi connectivity index (χ3n) is 4.91. The van der Waals surface area contributed by atoms with Crippen molar-refractivity contribution in [3.8, 4) is 0 Å². The SMILES string of the molecule is Cn1cc(C(=CC=[N+](C)C)c2cn(C)c3ccccc23)c2ccccc21. The summed E-state index contributed by atoms with van der Waals surface area (Å²) in [5.41, 5.74) is 6.26. The van der Waals surface area contributed by atoms with Crippen molar-refractivity contribution in [3.05, 3.63) is 78.1 Å². The van der Waals surface area contributed by atoms with Crippen molar-refractivity contribution in [2.45, 2.75) is 0 Å². The number of rotatable bonds is 3. The van der Waals surface area contributed by atoms with Crippen LogP contribution in [-0.4, -0.2) is 34.0 Å². The molecule has 2 aromatic heterocycles. The fraction of sp³-hybridized carbons (Fsp3) is 0.174. The Labute approximate surface area is 154 Å². The third kappa shape index (κ3) is 2.66. The molecule has 4 rings (SSSR count). The maximum Gasteiger partial charge on any atom is 0.163 e. The lowest BCUT2D eigenvalue weighted by Gasteiger charge is -2.05. The van der Waals surface area contributed by atoms with E-state index in [0.717, 1.165) is 0 Å². The summed E-state index contributed by atoms with van der Waals surface area (Å²) in [5.74, 6) is 0. The first kappa shape index (κ1) is 16.4. The van der Waals surface area contributed by atoms with Gasteiger partial charge in [0.15, 0.2) is 6.21 Å². The number of nitrogens with zero attached hydrogens (tertiary/aromatic N) is 3. The number of benzene rings is 2. The second-order valence-electron chi connectivity index (χ2n) is 7.03. The highest BCUT2D eigenvalue weighted by Gasteiger charge is 2.16. The van der Waals surface area contributed by atoms with Gasteiger partial charge >= 0.3 is 0 Å².